The van der Waals surface area contributed by atoms with Gasteiger partial charge in [-0.15, -0.1) is 0 Å². The Labute approximate surface area is 104 Å². The van der Waals surface area contributed by atoms with Crippen LogP contribution in [0, 0.1) is 6.92 Å². The predicted molar refractivity (Wildman–Crippen MR) is 70.2 cm³/mol. The van der Waals surface area contributed by atoms with Crippen LogP contribution in [0.5, 0.6) is 0 Å². The standard InChI is InChI=1S/C12H18N2O2S/c1-3-14-12(15)6-7-17(16)11-8-10(13)5-4-9(11)2/h4-5,8H,3,6-7,13H2,1-2H3,(H,14,15). The summed E-state index contributed by atoms with van der Waals surface area (Å²) in [5.74, 6) is 0.262. The van der Waals surface area contributed by atoms with E-state index in [-0.39, 0.29) is 12.3 Å². The summed E-state index contributed by atoms with van der Waals surface area (Å²) in [6.45, 7) is 4.35. The van der Waals surface area contributed by atoms with Crippen molar-refractivity contribution in [3.63, 3.8) is 0 Å². The molecule has 0 aromatic heterocycles. The maximum atomic E-state index is 12.0. The van der Waals surface area contributed by atoms with Gasteiger partial charge in [0.1, 0.15) is 0 Å². The molecule has 0 aliphatic carbocycles. The molecule has 3 N–H and O–H groups in total. The van der Waals surface area contributed by atoms with Gasteiger partial charge in [0.2, 0.25) is 5.91 Å². The van der Waals surface area contributed by atoms with Gasteiger partial charge in [-0.25, -0.2) is 0 Å². The maximum Gasteiger partial charge on any atom is 0.220 e. The van der Waals surface area contributed by atoms with Gasteiger partial charge in [-0.1, -0.05) is 6.07 Å². The Balaban J connectivity index is 2.64. The van der Waals surface area contributed by atoms with Gasteiger partial charge in [0.05, 0.1) is 10.8 Å². The smallest absolute Gasteiger partial charge is 0.220 e. The number of nitrogen functional groups attached to an aromatic ring is 1. The van der Waals surface area contributed by atoms with E-state index in [4.69, 9.17) is 5.73 Å². The molecule has 0 saturated carbocycles. The Kier molecular flexibility index (Phi) is 5.15. The quantitative estimate of drug-likeness (QED) is 0.776. The molecule has 0 bridgehead atoms. The molecule has 0 radical (unpaired) electrons. The molecular weight excluding hydrogens is 236 g/mol. The van der Waals surface area contributed by atoms with Crippen LogP contribution in [0.3, 0.4) is 0 Å². The Bertz CT molecular complexity index is 433. The van der Waals surface area contributed by atoms with Crippen molar-refractivity contribution in [2.75, 3.05) is 18.0 Å². The van der Waals surface area contributed by atoms with Crippen LogP contribution in [0.1, 0.15) is 18.9 Å². The summed E-state index contributed by atoms with van der Waals surface area (Å²) in [7, 11) is -1.17. The van der Waals surface area contributed by atoms with E-state index >= 15 is 0 Å². The van der Waals surface area contributed by atoms with E-state index in [9.17, 15) is 9.00 Å². The second-order valence-electron chi connectivity index (χ2n) is 3.78. The van der Waals surface area contributed by atoms with E-state index in [2.05, 4.69) is 5.32 Å². The highest BCUT2D eigenvalue weighted by molar-refractivity contribution is 7.85. The minimum absolute atomic E-state index is 0.0672. The molecule has 0 fully saturated rings. The molecule has 0 saturated heterocycles. The number of hydrogen-bond acceptors (Lipinski definition) is 3. The zero-order valence-corrected chi connectivity index (χ0v) is 11.0. The summed E-state index contributed by atoms with van der Waals surface area (Å²) in [5.41, 5.74) is 7.19. The summed E-state index contributed by atoms with van der Waals surface area (Å²) in [6, 6.07) is 5.33. The van der Waals surface area contributed by atoms with Crippen molar-refractivity contribution in [3.8, 4) is 0 Å². The van der Waals surface area contributed by atoms with Gasteiger partial charge in [0.15, 0.2) is 0 Å². The lowest BCUT2D eigenvalue weighted by Gasteiger charge is -2.07. The van der Waals surface area contributed by atoms with Crippen molar-refractivity contribution >= 4 is 22.4 Å². The minimum atomic E-state index is -1.17. The molecule has 17 heavy (non-hydrogen) atoms. The number of anilines is 1. The SMILES string of the molecule is CCNC(=O)CCS(=O)c1cc(N)ccc1C. The van der Waals surface area contributed by atoms with Crippen LogP contribution in [-0.4, -0.2) is 22.4 Å². The molecule has 1 aromatic rings. The first-order valence-corrected chi connectivity index (χ1v) is 6.87. The summed E-state index contributed by atoms with van der Waals surface area (Å²) in [5, 5.41) is 2.68. The summed E-state index contributed by atoms with van der Waals surface area (Å²) in [4.78, 5) is 12.0. The first kappa shape index (κ1) is 13.7. The van der Waals surface area contributed by atoms with Crippen molar-refractivity contribution in [2.24, 2.45) is 0 Å². The van der Waals surface area contributed by atoms with E-state index in [0.29, 0.717) is 22.9 Å². The molecule has 5 heteroatoms. The number of nitrogens with two attached hydrogens (primary N) is 1. The number of rotatable bonds is 5. The number of carbonyl (C=O) groups is 1. The van der Waals surface area contributed by atoms with Gasteiger partial charge < -0.3 is 11.1 Å². The Hall–Kier alpha value is -1.36. The second kappa shape index (κ2) is 6.39. The molecule has 1 unspecified atom stereocenters. The fraction of sp³-hybridized carbons (Fsp3) is 0.417. The molecule has 1 rings (SSSR count). The van der Waals surface area contributed by atoms with Crippen LogP contribution in [0.2, 0.25) is 0 Å². The molecular formula is C12H18N2O2S. The predicted octanol–water partition coefficient (Wildman–Crippen LogP) is 1.21. The Morgan fingerprint density at radius 2 is 2.18 bits per heavy atom. The average molecular weight is 254 g/mol. The monoisotopic (exact) mass is 254 g/mol. The highest BCUT2D eigenvalue weighted by atomic mass is 32.2. The molecule has 1 amide bonds. The zero-order chi connectivity index (χ0) is 12.8. The largest absolute Gasteiger partial charge is 0.399 e. The molecule has 0 aliphatic heterocycles. The molecule has 0 heterocycles. The lowest BCUT2D eigenvalue weighted by atomic mass is 10.2. The normalized spacial score (nSPS) is 12.1. The molecule has 0 spiro atoms. The maximum absolute atomic E-state index is 12.0. The number of benzene rings is 1. The topological polar surface area (TPSA) is 72.2 Å². The molecule has 94 valence electrons. The van der Waals surface area contributed by atoms with E-state index in [1.807, 2.05) is 19.9 Å². The van der Waals surface area contributed by atoms with Crippen molar-refractivity contribution < 1.29 is 9.00 Å². The first-order valence-electron chi connectivity index (χ1n) is 5.55. The van der Waals surface area contributed by atoms with Crippen LogP contribution in [0.15, 0.2) is 23.1 Å². The van der Waals surface area contributed by atoms with Crippen LogP contribution >= 0.6 is 0 Å². The van der Waals surface area contributed by atoms with E-state index in [0.717, 1.165) is 5.56 Å². The Morgan fingerprint density at radius 3 is 2.82 bits per heavy atom. The minimum Gasteiger partial charge on any atom is -0.399 e. The lowest BCUT2D eigenvalue weighted by molar-refractivity contribution is -0.120. The molecule has 1 atom stereocenters. The summed E-state index contributed by atoms with van der Waals surface area (Å²) >= 11 is 0. The van der Waals surface area contributed by atoms with Crippen LogP contribution < -0.4 is 11.1 Å². The third-order valence-corrected chi connectivity index (χ3v) is 3.85. The Morgan fingerprint density at radius 1 is 1.47 bits per heavy atom. The second-order valence-corrected chi connectivity index (χ2v) is 5.32. The number of aryl methyl sites for hydroxylation is 1. The third-order valence-electron chi connectivity index (χ3n) is 2.35. The third kappa shape index (κ3) is 4.19. The summed E-state index contributed by atoms with van der Waals surface area (Å²) < 4.78 is 12.0. The fourth-order valence-corrected chi connectivity index (χ4v) is 2.73. The number of nitrogens with one attached hydrogen (secondary N) is 1. The van der Waals surface area contributed by atoms with Crippen molar-refractivity contribution in [1.82, 2.24) is 5.32 Å². The van der Waals surface area contributed by atoms with E-state index in [1.165, 1.54) is 0 Å². The van der Waals surface area contributed by atoms with E-state index in [1.54, 1.807) is 12.1 Å². The lowest BCUT2D eigenvalue weighted by Crippen LogP contribution is -2.24. The number of hydrogen-bond donors (Lipinski definition) is 2. The number of carbonyl (C=O) groups excluding carboxylic acids is 1. The highest BCUT2D eigenvalue weighted by Crippen LogP contribution is 2.17. The fourth-order valence-electron chi connectivity index (χ4n) is 1.44. The van der Waals surface area contributed by atoms with Crippen molar-refractivity contribution in [1.29, 1.82) is 0 Å². The van der Waals surface area contributed by atoms with Gasteiger partial charge in [0, 0.05) is 29.3 Å². The number of amides is 1. The van der Waals surface area contributed by atoms with Gasteiger partial charge >= 0.3 is 0 Å². The van der Waals surface area contributed by atoms with Crippen molar-refractivity contribution in [2.45, 2.75) is 25.2 Å². The van der Waals surface area contributed by atoms with Crippen LogP contribution in [0.25, 0.3) is 0 Å². The zero-order valence-electron chi connectivity index (χ0n) is 10.2. The molecule has 1 aromatic carbocycles. The van der Waals surface area contributed by atoms with Gasteiger partial charge in [0.25, 0.3) is 0 Å². The van der Waals surface area contributed by atoms with E-state index < -0.39 is 10.8 Å². The molecule has 0 aliphatic rings. The van der Waals surface area contributed by atoms with Crippen LogP contribution in [0.4, 0.5) is 5.69 Å². The van der Waals surface area contributed by atoms with Gasteiger partial charge in [-0.2, -0.15) is 0 Å². The average Bonchev–Trinajstić information content (AvgIpc) is 2.29. The first-order chi connectivity index (χ1) is 8.04. The molecule has 4 nitrogen and oxygen atoms in total. The van der Waals surface area contributed by atoms with Gasteiger partial charge in [-0.05, 0) is 31.5 Å². The summed E-state index contributed by atoms with van der Waals surface area (Å²) in [6.07, 6.45) is 0.273. The highest BCUT2D eigenvalue weighted by Gasteiger charge is 2.10. The van der Waals surface area contributed by atoms with Crippen molar-refractivity contribution in [3.05, 3.63) is 23.8 Å². The van der Waals surface area contributed by atoms with Crippen LogP contribution in [-0.2, 0) is 15.6 Å². The van der Waals surface area contributed by atoms with Gasteiger partial charge in [-0.3, -0.25) is 9.00 Å².